The zero-order valence-electron chi connectivity index (χ0n) is 52.6. The molecule has 6 fully saturated rings. The van der Waals surface area contributed by atoms with Gasteiger partial charge >= 0.3 is 5.97 Å². The van der Waals surface area contributed by atoms with Crippen LogP contribution in [0.2, 0.25) is 0 Å². The van der Waals surface area contributed by atoms with Gasteiger partial charge in [0.05, 0.1) is 86.2 Å². The number of benzene rings is 1. The van der Waals surface area contributed by atoms with Crippen LogP contribution in [0.4, 0.5) is 0 Å². The molecule has 5 aliphatic heterocycles. The first-order chi connectivity index (χ1) is 40.7. The van der Waals surface area contributed by atoms with Crippen molar-refractivity contribution in [2.45, 2.75) is 184 Å². The number of esters is 1. The van der Waals surface area contributed by atoms with Crippen LogP contribution in [-0.4, -0.2) is 250 Å². The highest BCUT2D eigenvalue weighted by molar-refractivity contribution is 6.25. The number of nitrogens with zero attached hydrogens (tertiary/aromatic N) is 3. The van der Waals surface area contributed by atoms with Gasteiger partial charge in [0.15, 0.2) is 35.3 Å². The summed E-state index contributed by atoms with van der Waals surface area (Å²) in [5.74, 6) is -11.1. The molecule has 25 heteroatoms. The molecule has 9 rings (SSSR count). The third-order valence-electron chi connectivity index (χ3n) is 20.0. The summed E-state index contributed by atoms with van der Waals surface area (Å²) in [6.45, 7) is 18.2. The van der Waals surface area contributed by atoms with Gasteiger partial charge in [-0.2, -0.15) is 0 Å². The second kappa shape index (κ2) is 26.7. The number of aliphatic hydroxyl groups is 7. The normalized spacial score (nSPS) is 42.4. The number of carbonyl (C=O) groups is 5. The number of phenolic OH excluding ortho intramolecular Hbond substituents is 1. The molecule has 1 saturated carbocycles. The molecule has 87 heavy (non-hydrogen) atoms. The van der Waals surface area contributed by atoms with Crippen LogP contribution < -0.4 is 5.32 Å². The van der Waals surface area contributed by atoms with Gasteiger partial charge < -0.3 is 89.0 Å². The van der Waals surface area contributed by atoms with Crippen LogP contribution in [0.3, 0.4) is 0 Å². The molecule has 5 saturated heterocycles. The van der Waals surface area contributed by atoms with Gasteiger partial charge in [-0.1, -0.05) is 39.8 Å². The van der Waals surface area contributed by atoms with Crippen molar-refractivity contribution in [2.24, 2.45) is 41.4 Å². The summed E-state index contributed by atoms with van der Waals surface area (Å²) in [5.41, 5.74) is -6.72. The Morgan fingerprint density at radius 1 is 0.805 bits per heavy atom. The first-order valence-electron chi connectivity index (χ1n) is 30.5. The number of hydrogen-bond donors (Lipinski definition) is 9. The number of likely N-dealkylation sites (N-methyl/N-ethyl adjacent to an activating group) is 2. The lowest BCUT2D eigenvalue weighted by molar-refractivity contribution is -0.299. The molecule has 0 radical (unpaired) electrons. The number of epoxide rings is 1. The van der Waals surface area contributed by atoms with Crippen LogP contribution >= 0.6 is 0 Å². The smallest absolute Gasteiger partial charge is 0.311 e. The number of morpholine rings is 1. The average Bonchev–Trinajstić information content (AvgIpc) is 0.858. The van der Waals surface area contributed by atoms with E-state index in [1.54, 1.807) is 48.7 Å². The number of amides is 1. The van der Waals surface area contributed by atoms with E-state index in [-0.39, 0.29) is 78.8 Å². The molecule has 8 aliphatic rings. The van der Waals surface area contributed by atoms with Crippen molar-refractivity contribution < 1.29 is 103 Å². The van der Waals surface area contributed by atoms with Crippen LogP contribution in [0.25, 0.3) is 5.76 Å². The second-order valence-corrected chi connectivity index (χ2v) is 26.3. The molecule has 9 N–H and O–H groups in total. The summed E-state index contributed by atoms with van der Waals surface area (Å²) in [6, 6.07) is 2.86. The summed E-state index contributed by atoms with van der Waals surface area (Å²) in [4.78, 5) is 74.0. The van der Waals surface area contributed by atoms with Gasteiger partial charge in [0.25, 0.3) is 5.91 Å². The van der Waals surface area contributed by atoms with Crippen molar-refractivity contribution in [3.8, 4) is 5.75 Å². The molecule has 23 atom stereocenters. The Labute approximate surface area is 508 Å². The van der Waals surface area contributed by atoms with Gasteiger partial charge in [-0.15, -0.1) is 0 Å². The van der Waals surface area contributed by atoms with Gasteiger partial charge in [0.2, 0.25) is 5.78 Å². The first-order valence-corrected chi connectivity index (χ1v) is 30.5. The van der Waals surface area contributed by atoms with Crippen LogP contribution in [0.5, 0.6) is 5.75 Å². The van der Waals surface area contributed by atoms with Crippen molar-refractivity contribution in [3.63, 3.8) is 0 Å². The van der Waals surface area contributed by atoms with E-state index in [2.05, 4.69) is 5.32 Å². The number of Topliss-reactive ketones (excluding diaryl/α,β-unsaturated/α-hetero) is 3. The summed E-state index contributed by atoms with van der Waals surface area (Å²) < 4.78 is 48.3. The molecule has 488 valence electrons. The molecule has 1 aromatic carbocycles. The van der Waals surface area contributed by atoms with Crippen molar-refractivity contribution in [3.05, 3.63) is 46.2 Å². The molecular formula is C62H94N4O21. The summed E-state index contributed by atoms with van der Waals surface area (Å²) in [7, 11) is 8.42. The zero-order valence-corrected chi connectivity index (χ0v) is 52.6. The van der Waals surface area contributed by atoms with Crippen LogP contribution in [0, 0.1) is 41.4 Å². The van der Waals surface area contributed by atoms with Crippen molar-refractivity contribution in [1.29, 1.82) is 0 Å². The minimum absolute atomic E-state index is 0.0572. The van der Waals surface area contributed by atoms with E-state index >= 15 is 0 Å². The fourth-order valence-electron chi connectivity index (χ4n) is 14.4. The van der Waals surface area contributed by atoms with E-state index in [0.717, 1.165) is 0 Å². The summed E-state index contributed by atoms with van der Waals surface area (Å²) in [5, 5.41) is 92.3. The van der Waals surface area contributed by atoms with Gasteiger partial charge in [0, 0.05) is 67.8 Å². The number of nitrogens with one attached hydrogen (secondary N) is 1. The standard InChI is InChI=1S/C35H61NO12.C27H33N3O9/c1-16-14-35(15-43-35)32(40)19(4)27(37)18(3)22(7)46-33(41)21(6)31(47-26-13-25(42-11)28(38)23(8)45-26)20(5)30(16)48-34-29(39)24(36(9)10)12-17(2)44-34;1-26(37)13-5-4-6-16(31)17(13)21(32)18-14(26)11-15-20(29(2)3)22(33)19(24(35)27(15,38)23(18)34)25(36)28-12-30-7-9-39-10-8-30/h16-31,34,37-39H,12-15H2,1-11H3;4-6,14-15,20,31-32,35,37-38H,7-12H2,1-3H3,(H,28,36)/t16-,17+,18-,19+,20+,21+,22+,23-,24-,25-,26-,27-,28-,29+,30-,31-,34-,35+;14-,15-,20-,26+,27-/m00/s1. The first kappa shape index (κ1) is 68.4. The lowest BCUT2D eigenvalue weighted by Crippen LogP contribution is -2.67. The molecule has 1 aromatic rings. The molecule has 25 nitrogen and oxygen atoms in total. The number of hydrogen-bond acceptors (Lipinski definition) is 24. The maximum atomic E-state index is 14.1. The van der Waals surface area contributed by atoms with E-state index in [9.17, 15) is 64.8 Å². The molecule has 1 amide bonds. The van der Waals surface area contributed by atoms with E-state index in [1.165, 1.54) is 37.1 Å². The number of aromatic hydroxyl groups is 1. The highest BCUT2D eigenvalue weighted by Crippen LogP contribution is 2.57. The minimum Gasteiger partial charge on any atom is -0.508 e. The minimum atomic E-state index is -2.74. The predicted molar refractivity (Wildman–Crippen MR) is 310 cm³/mol. The van der Waals surface area contributed by atoms with E-state index < -0.39 is 160 Å². The number of cyclic esters (lactones) is 1. The number of fused-ring (bicyclic) bond motifs is 3. The highest BCUT2D eigenvalue weighted by atomic mass is 16.7. The zero-order chi connectivity index (χ0) is 64.3. The van der Waals surface area contributed by atoms with E-state index in [4.69, 9.17) is 37.9 Å². The molecule has 3 aliphatic carbocycles. The largest absolute Gasteiger partial charge is 0.508 e. The lowest BCUT2D eigenvalue weighted by Gasteiger charge is -2.53. The Morgan fingerprint density at radius 2 is 1.46 bits per heavy atom. The molecular weight excluding hydrogens is 1140 g/mol. The second-order valence-electron chi connectivity index (χ2n) is 26.3. The number of ketones is 3. The predicted octanol–water partition coefficient (Wildman–Crippen LogP) is 1.46. The van der Waals surface area contributed by atoms with Crippen molar-refractivity contribution in [1.82, 2.24) is 20.0 Å². The lowest BCUT2D eigenvalue weighted by atomic mass is 9.54. The van der Waals surface area contributed by atoms with Crippen LogP contribution in [-0.2, 0) is 67.5 Å². The Hall–Kier alpha value is -4.55. The topological polar surface area (TPSA) is 346 Å². The molecule has 5 heterocycles. The number of ether oxygens (including phenoxy) is 8. The van der Waals surface area contributed by atoms with E-state index in [1.807, 2.05) is 44.7 Å². The van der Waals surface area contributed by atoms with Crippen molar-refractivity contribution >= 4 is 35.0 Å². The molecule has 0 aromatic heterocycles. The Morgan fingerprint density at radius 3 is 2.07 bits per heavy atom. The van der Waals surface area contributed by atoms with Gasteiger partial charge in [-0.25, -0.2) is 0 Å². The summed E-state index contributed by atoms with van der Waals surface area (Å²) in [6.07, 6.45) is -7.34. The SMILES string of the molecule is CN(C)[C@@H]1C(=O)C(C(=O)NCN2CCOCC2)=C(O)[C@@]2(O)C(=O)C3=C(O)c4c(O)cccc4[C@@](C)(O)[C@H]3C[C@@H]12.CO[C@H]1C[C@H](O[C@H]2[C@H](C)[C@@H](O[C@@H]3O[C@H](C)C[C@H](N(C)C)[C@H]3O)[C@@H](C)C[C@@]3(CO3)C(=O)[C@H](C)[C@@H](O)[C@@H](C)[C@@H](C)OC(=O)[C@@H]2C)O[C@@H](C)[C@@H]1O. The Bertz CT molecular complexity index is 2760. The fraction of sp³-hybridized carbons (Fsp3) is 0.758. The van der Waals surface area contributed by atoms with E-state index in [0.29, 0.717) is 32.7 Å². The maximum Gasteiger partial charge on any atom is 0.311 e. The summed E-state index contributed by atoms with van der Waals surface area (Å²) >= 11 is 0. The van der Waals surface area contributed by atoms with Gasteiger partial charge in [0.1, 0.15) is 41.2 Å². The molecule has 1 spiro atoms. The fourth-order valence-corrected chi connectivity index (χ4v) is 14.4. The average molecular weight is 1230 g/mol. The number of phenols is 1. The maximum absolute atomic E-state index is 14.1. The molecule has 0 bridgehead atoms. The molecule has 0 unspecified atom stereocenters. The third-order valence-corrected chi connectivity index (χ3v) is 20.0. The number of carbonyl (C=O) groups excluding carboxylic acids is 5. The number of rotatable bonds is 10. The Balaban J connectivity index is 0.000000230. The quantitative estimate of drug-likeness (QED) is 0.0909. The van der Waals surface area contributed by atoms with Gasteiger partial charge in [-0.3, -0.25) is 33.8 Å². The Kier molecular flexibility index (Phi) is 21.0. The highest BCUT2D eigenvalue weighted by Gasteiger charge is 2.67. The van der Waals surface area contributed by atoms with Crippen LogP contribution in [0.15, 0.2) is 35.1 Å². The number of methoxy groups -OCH3 is 1. The monoisotopic (exact) mass is 1230 g/mol. The van der Waals surface area contributed by atoms with Crippen molar-refractivity contribution in [2.75, 3.05) is 74.9 Å². The third kappa shape index (κ3) is 13.1. The van der Waals surface area contributed by atoms with Gasteiger partial charge in [-0.05, 0) is 99.6 Å². The van der Waals surface area contributed by atoms with Crippen LogP contribution in [0.1, 0.15) is 99.1 Å². The number of aliphatic hydroxyl groups excluding tert-OH is 5.